The van der Waals surface area contributed by atoms with Crippen molar-refractivity contribution in [1.82, 2.24) is 10.6 Å². The monoisotopic (exact) mass is 202 g/mol. The van der Waals surface area contributed by atoms with Crippen LogP contribution in [0.5, 0.6) is 0 Å². The Hall–Kier alpha value is -0.610. The summed E-state index contributed by atoms with van der Waals surface area (Å²) in [5.74, 6) is 0.0831. The molecule has 0 fully saturated rings. The maximum absolute atomic E-state index is 10.8. The van der Waals surface area contributed by atoms with Gasteiger partial charge in [-0.25, -0.2) is 0 Å². The van der Waals surface area contributed by atoms with Crippen LogP contribution in [0.15, 0.2) is 0 Å². The zero-order chi connectivity index (χ0) is 10.6. The van der Waals surface area contributed by atoms with Crippen LogP contribution in [0.1, 0.15) is 26.2 Å². The quantitative estimate of drug-likeness (QED) is 0.536. The number of hydrogen-bond donors (Lipinski definition) is 2. The highest BCUT2D eigenvalue weighted by atomic mass is 16.5. The fraction of sp³-hybridized carbons (Fsp3) is 0.900. The van der Waals surface area contributed by atoms with E-state index < -0.39 is 0 Å². The molecule has 0 aliphatic carbocycles. The number of carbonyl (C=O) groups excluding carboxylic acids is 1. The number of carbonyl (C=O) groups is 1. The average Bonchev–Trinajstić information content (AvgIpc) is 2.21. The zero-order valence-electron chi connectivity index (χ0n) is 9.27. The van der Waals surface area contributed by atoms with E-state index in [0.29, 0.717) is 6.42 Å². The van der Waals surface area contributed by atoms with Crippen LogP contribution in [-0.4, -0.2) is 39.3 Å². The van der Waals surface area contributed by atoms with Crippen LogP contribution in [0.4, 0.5) is 0 Å². The minimum absolute atomic E-state index is 0.0831. The number of hydrogen-bond acceptors (Lipinski definition) is 3. The average molecular weight is 202 g/mol. The van der Waals surface area contributed by atoms with Crippen LogP contribution in [0.3, 0.4) is 0 Å². The van der Waals surface area contributed by atoms with E-state index >= 15 is 0 Å². The standard InChI is InChI=1S/C10H22N2O2/c1-3-8-14-9-4-6-12-7-5-10(13)11-2/h12H,3-9H2,1-2H3,(H,11,13). The molecule has 0 aromatic heterocycles. The van der Waals surface area contributed by atoms with Gasteiger partial charge in [0.05, 0.1) is 0 Å². The first-order valence-electron chi connectivity index (χ1n) is 5.30. The normalized spacial score (nSPS) is 10.1. The molecule has 2 N–H and O–H groups in total. The van der Waals surface area contributed by atoms with Gasteiger partial charge in [-0.3, -0.25) is 4.79 Å². The topological polar surface area (TPSA) is 50.4 Å². The van der Waals surface area contributed by atoms with Gasteiger partial charge in [0.15, 0.2) is 0 Å². The Morgan fingerprint density at radius 2 is 2.07 bits per heavy atom. The molecule has 0 spiro atoms. The van der Waals surface area contributed by atoms with Crippen LogP contribution < -0.4 is 10.6 Å². The van der Waals surface area contributed by atoms with E-state index in [2.05, 4.69) is 17.6 Å². The van der Waals surface area contributed by atoms with Crippen molar-refractivity contribution < 1.29 is 9.53 Å². The fourth-order valence-corrected chi connectivity index (χ4v) is 0.998. The fourth-order valence-electron chi connectivity index (χ4n) is 0.998. The Kier molecular flexibility index (Phi) is 10.0. The molecule has 0 aliphatic heterocycles. The molecule has 0 unspecified atom stereocenters. The summed E-state index contributed by atoms with van der Waals surface area (Å²) in [7, 11) is 1.65. The number of rotatable bonds is 9. The molecule has 0 bridgehead atoms. The van der Waals surface area contributed by atoms with E-state index in [-0.39, 0.29) is 5.91 Å². The summed E-state index contributed by atoms with van der Waals surface area (Å²) in [6.07, 6.45) is 2.63. The lowest BCUT2D eigenvalue weighted by Crippen LogP contribution is -2.25. The van der Waals surface area contributed by atoms with Crippen molar-refractivity contribution in [2.75, 3.05) is 33.4 Å². The maximum atomic E-state index is 10.8. The van der Waals surface area contributed by atoms with Gasteiger partial charge < -0.3 is 15.4 Å². The predicted octanol–water partition coefficient (Wildman–Crippen LogP) is 0.529. The van der Waals surface area contributed by atoms with Crippen molar-refractivity contribution in [1.29, 1.82) is 0 Å². The predicted molar refractivity (Wildman–Crippen MR) is 57.3 cm³/mol. The molecule has 0 atom stereocenters. The highest BCUT2D eigenvalue weighted by Crippen LogP contribution is 1.84. The lowest BCUT2D eigenvalue weighted by atomic mass is 10.4. The molecular formula is C10H22N2O2. The summed E-state index contributed by atoms with van der Waals surface area (Å²) >= 11 is 0. The van der Waals surface area contributed by atoms with Gasteiger partial charge >= 0.3 is 0 Å². The largest absolute Gasteiger partial charge is 0.381 e. The van der Waals surface area contributed by atoms with E-state index in [1.165, 1.54) is 0 Å². The van der Waals surface area contributed by atoms with Crippen LogP contribution in [0.2, 0.25) is 0 Å². The smallest absolute Gasteiger partial charge is 0.221 e. The summed E-state index contributed by atoms with van der Waals surface area (Å²) in [4.78, 5) is 10.8. The molecule has 0 aliphatic rings. The third kappa shape index (κ3) is 9.48. The Labute approximate surface area is 86.4 Å². The van der Waals surface area contributed by atoms with Crippen LogP contribution in [-0.2, 0) is 9.53 Å². The summed E-state index contributed by atoms with van der Waals surface area (Å²) in [6, 6.07) is 0. The molecule has 0 aromatic rings. The van der Waals surface area contributed by atoms with Gasteiger partial charge in [0.2, 0.25) is 5.91 Å². The van der Waals surface area contributed by atoms with E-state index in [1.807, 2.05) is 0 Å². The van der Waals surface area contributed by atoms with Gasteiger partial charge in [-0.05, 0) is 19.4 Å². The van der Waals surface area contributed by atoms with Crippen molar-refractivity contribution >= 4 is 5.91 Å². The number of ether oxygens (including phenoxy) is 1. The molecule has 0 radical (unpaired) electrons. The van der Waals surface area contributed by atoms with Gasteiger partial charge in [-0.15, -0.1) is 0 Å². The SMILES string of the molecule is CCCOCCCNCCC(=O)NC. The second-order valence-electron chi connectivity index (χ2n) is 3.14. The minimum Gasteiger partial charge on any atom is -0.381 e. The molecule has 14 heavy (non-hydrogen) atoms. The van der Waals surface area contributed by atoms with Gasteiger partial charge in [0, 0.05) is 33.2 Å². The van der Waals surface area contributed by atoms with Gasteiger partial charge in [0.1, 0.15) is 0 Å². The highest BCUT2D eigenvalue weighted by molar-refractivity contribution is 5.75. The molecule has 0 heterocycles. The lowest BCUT2D eigenvalue weighted by molar-refractivity contribution is -0.120. The molecule has 84 valence electrons. The number of amides is 1. The summed E-state index contributed by atoms with van der Waals surface area (Å²) in [5, 5.41) is 5.77. The Morgan fingerprint density at radius 1 is 1.29 bits per heavy atom. The molecule has 0 saturated carbocycles. The second kappa shape index (κ2) is 10.5. The molecular weight excluding hydrogens is 180 g/mol. The van der Waals surface area contributed by atoms with Crippen molar-refractivity contribution in [2.45, 2.75) is 26.2 Å². The zero-order valence-corrected chi connectivity index (χ0v) is 9.27. The minimum atomic E-state index is 0.0831. The van der Waals surface area contributed by atoms with Crippen molar-refractivity contribution in [3.8, 4) is 0 Å². The molecule has 4 nitrogen and oxygen atoms in total. The first-order valence-corrected chi connectivity index (χ1v) is 5.30. The summed E-state index contributed by atoms with van der Waals surface area (Å²) < 4.78 is 5.31. The first kappa shape index (κ1) is 13.4. The van der Waals surface area contributed by atoms with Crippen molar-refractivity contribution in [3.05, 3.63) is 0 Å². The van der Waals surface area contributed by atoms with Crippen LogP contribution >= 0.6 is 0 Å². The Bertz CT molecular complexity index is 140. The Balaban J connectivity index is 2.95. The van der Waals surface area contributed by atoms with E-state index in [4.69, 9.17) is 4.74 Å². The summed E-state index contributed by atoms with van der Waals surface area (Å²) in [6.45, 7) is 5.41. The van der Waals surface area contributed by atoms with Crippen molar-refractivity contribution in [3.63, 3.8) is 0 Å². The van der Waals surface area contributed by atoms with Gasteiger partial charge in [-0.2, -0.15) is 0 Å². The van der Waals surface area contributed by atoms with E-state index in [1.54, 1.807) is 7.05 Å². The molecule has 0 aromatic carbocycles. The molecule has 4 heteroatoms. The van der Waals surface area contributed by atoms with Crippen LogP contribution in [0.25, 0.3) is 0 Å². The van der Waals surface area contributed by atoms with Gasteiger partial charge in [0.25, 0.3) is 0 Å². The molecule has 1 amide bonds. The van der Waals surface area contributed by atoms with Gasteiger partial charge in [-0.1, -0.05) is 6.92 Å². The van der Waals surface area contributed by atoms with E-state index in [9.17, 15) is 4.79 Å². The third-order valence-corrected chi connectivity index (χ3v) is 1.80. The summed E-state index contributed by atoms with van der Waals surface area (Å²) in [5.41, 5.74) is 0. The molecule has 0 saturated heterocycles. The lowest BCUT2D eigenvalue weighted by Gasteiger charge is -2.04. The van der Waals surface area contributed by atoms with Crippen LogP contribution in [0, 0.1) is 0 Å². The highest BCUT2D eigenvalue weighted by Gasteiger charge is 1.95. The number of nitrogens with one attached hydrogen (secondary N) is 2. The second-order valence-corrected chi connectivity index (χ2v) is 3.14. The maximum Gasteiger partial charge on any atom is 0.221 e. The Morgan fingerprint density at radius 3 is 2.71 bits per heavy atom. The third-order valence-electron chi connectivity index (χ3n) is 1.80. The first-order chi connectivity index (χ1) is 6.81. The van der Waals surface area contributed by atoms with Crippen molar-refractivity contribution in [2.24, 2.45) is 0 Å². The molecule has 0 rings (SSSR count). The van der Waals surface area contributed by atoms with E-state index in [0.717, 1.165) is 39.1 Å².